The van der Waals surface area contributed by atoms with Gasteiger partial charge in [0, 0.05) is 51.1 Å². The standard InChI is InChI=1S/C25H36N4O2/c1-2-5-24(30)6-3-12-28-16-21-14-22(17-28)19-29(18-21)13-4-11-27-25(31)23-9-7-20(15-26)8-10-23/h7-10,21-22H,2-6,11-14,16-19H2,1H3,(H,27,31). The summed E-state index contributed by atoms with van der Waals surface area (Å²) in [7, 11) is 0. The van der Waals surface area contributed by atoms with E-state index in [-0.39, 0.29) is 5.91 Å². The Bertz CT molecular complexity index is 757. The predicted molar refractivity (Wildman–Crippen MR) is 122 cm³/mol. The molecule has 0 aliphatic carbocycles. The number of benzene rings is 1. The van der Waals surface area contributed by atoms with Crippen LogP contribution in [0.5, 0.6) is 0 Å². The first-order valence-corrected chi connectivity index (χ1v) is 11.8. The summed E-state index contributed by atoms with van der Waals surface area (Å²) < 4.78 is 0. The second kappa shape index (κ2) is 12.0. The lowest BCUT2D eigenvalue weighted by atomic mass is 9.84. The van der Waals surface area contributed by atoms with Crippen LogP contribution in [0, 0.1) is 23.2 Å². The molecular formula is C25H36N4O2. The molecule has 0 radical (unpaired) electrons. The van der Waals surface area contributed by atoms with Crippen molar-refractivity contribution >= 4 is 11.7 Å². The van der Waals surface area contributed by atoms with Gasteiger partial charge in [-0.1, -0.05) is 6.92 Å². The van der Waals surface area contributed by atoms with E-state index < -0.39 is 0 Å². The monoisotopic (exact) mass is 424 g/mol. The third-order valence-electron chi connectivity index (χ3n) is 6.40. The number of nitriles is 1. The van der Waals surface area contributed by atoms with E-state index in [2.05, 4.69) is 28.1 Å². The molecule has 0 saturated carbocycles. The Morgan fingerprint density at radius 1 is 1.00 bits per heavy atom. The number of likely N-dealkylation sites (tertiary alicyclic amines) is 2. The van der Waals surface area contributed by atoms with E-state index >= 15 is 0 Å². The lowest BCUT2D eigenvalue weighted by Gasteiger charge is -2.46. The fraction of sp³-hybridized carbons (Fsp3) is 0.640. The minimum Gasteiger partial charge on any atom is -0.352 e. The van der Waals surface area contributed by atoms with Crippen molar-refractivity contribution in [1.29, 1.82) is 5.26 Å². The lowest BCUT2D eigenvalue weighted by molar-refractivity contribution is -0.119. The quantitative estimate of drug-likeness (QED) is 0.553. The van der Waals surface area contributed by atoms with Gasteiger partial charge in [-0.05, 0) is 74.9 Å². The van der Waals surface area contributed by atoms with E-state index in [9.17, 15) is 9.59 Å². The molecular weight excluding hydrogens is 388 g/mol. The zero-order valence-electron chi connectivity index (χ0n) is 18.8. The molecule has 6 heteroatoms. The molecule has 2 heterocycles. The summed E-state index contributed by atoms with van der Waals surface area (Å²) in [5, 5.41) is 11.8. The SMILES string of the molecule is CCCC(=O)CCCN1CC2CC(CN(CCCNC(=O)c3ccc(C#N)cc3)C2)C1. The van der Waals surface area contributed by atoms with Gasteiger partial charge in [-0.25, -0.2) is 0 Å². The van der Waals surface area contributed by atoms with Crippen molar-refractivity contribution in [1.82, 2.24) is 15.1 Å². The normalized spacial score (nSPS) is 21.4. The number of ketones is 1. The Hall–Kier alpha value is -2.23. The maximum atomic E-state index is 12.2. The van der Waals surface area contributed by atoms with Crippen LogP contribution in [0.3, 0.4) is 0 Å². The van der Waals surface area contributed by atoms with Gasteiger partial charge in [0.15, 0.2) is 0 Å². The summed E-state index contributed by atoms with van der Waals surface area (Å²) >= 11 is 0. The molecule has 2 fully saturated rings. The van der Waals surface area contributed by atoms with Gasteiger partial charge in [0.1, 0.15) is 5.78 Å². The number of nitrogens with zero attached hydrogens (tertiary/aromatic N) is 3. The van der Waals surface area contributed by atoms with E-state index in [1.807, 2.05) is 0 Å². The highest BCUT2D eigenvalue weighted by Crippen LogP contribution is 2.28. The van der Waals surface area contributed by atoms with Crippen molar-refractivity contribution in [2.75, 3.05) is 45.8 Å². The Morgan fingerprint density at radius 2 is 1.61 bits per heavy atom. The van der Waals surface area contributed by atoms with Crippen LogP contribution in [0.25, 0.3) is 0 Å². The summed E-state index contributed by atoms with van der Waals surface area (Å²) in [6, 6.07) is 8.81. The van der Waals surface area contributed by atoms with E-state index in [1.54, 1.807) is 24.3 Å². The van der Waals surface area contributed by atoms with E-state index in [0.717, 1.165) is 83.2 Å². The molecule has 168 valence electrons. The number of carbonyl (C=O) groups excluding carboxylic acids is 2. The maximum Gasteiger partial charge on any atom is 0.251 e. The first kappa shape index (κ1) is 23.4. The fourth-order valence-electron chi connectivity index (χ4n) is 5.07. The van der Waals surface area contributed by atoms with Crippen LogP contribution in [0.1, 0.15) is 61.4 Å². The summed E-state index contributed by atoms with van der Waals surface area (Å²) in [4.78, 5) is 29.1. The van der Waals surface area contributed by atoms with Crippen molar-refractivity contribution in [3.8, 4) is 6.07 Å². The molecule has 2 aliphatic rings. The molecule has 2 bridgehead atoms. The second-order valence-electron chi connectivity index (χ2n) is 9.18. The number of piperidine rings is 2. The molecule has 1 aromatic rings. The van der Waals surface area contributed by atoms with Crippen molar-refractivity contribution in [2.24, 2.45) is 11.8 Å². The molecule has 6 nitrogen and oxygen atoms in total. The van der Waals surface area contributed by atoms with Gasteiger partial charge in [0.2, 0.25) is 0 Å². The number of carbonyl (C=O) groups is 2. The zero-order valence-corrected chi connectivity index (χ0v) is 18.8. The summed E-state index contributed by atoms with van der Waals surface area (Å²) in [6.07, 6.45) is 5.71. The van der Waals surface area contributed by atoms with E-state index in [1.165, 1.54) is 6.42 Å². The highest BCUT2D eigenvalue weighted by atomic mass is 16.1. The van der Waals surface area contributed by atoms with Crippen LogP contribution in [0.15, 0.2) is 24.3 Å². The molecule has 1 amide bonds. The van der Waals surface area contributed by atoms with Crippen LogP contribution < -0.4 is 5.32 Å². The molecule has 2 atom stereocenters. The van der Waals surface area contributed by atoms with Crippen molar-refractivity contribution in [2.45, 2.75) is 45.4 Å². The summed E-state index contributed by atoms with van der Waals surface area (Å²) in [5.41, 5.74) is 1.17. The zero-order chi connectivity index (χ0) is 22.1. The van der Waals surface area contributed by atoms with Gasteiger partial charge in [0.05, 0.1) is 11.6 Å². The Labute approximate surface area is 186 Å². The number of hydrogen-bond acceptors (Lipinski definition) is 5. The van der Waals surface area contributed by atoms with Crippen molar-refractivity contribution < 1.29 is 9.59 Å². The maximum absolute atomic E-state index is 12.2. The average molecular weight is 425 g/mol. The molecule has 0 aromatic heterocycles. The summed E-state index contributed by atoms with van der Waals surface area (Å²) in [5.74, 6) is 1.80. The largest absolute Gasteiger partial charge is 0.352 e. The third-order valence-corrected chi connectivity index (χ3v) is 6.40. The Balaban J connectivity index is 1.31. The molecule has 1 aromatic carbocycles. The smallest absolute Gasteiger partial charge is 0.251 e. The molecule has 2 saturated heterocycles. The molecule has 2 aliphatic heterocycles. The Morgan fingerprint density at radius 3 is 2.19 bits per heavy atom. The highest BCUT2D eigenvalue weighted by Gasteiger charge is 2.33. The van der Waals surface area contributed by atoms with Crippen LogP contribution in [-0.2, 0) is 4.79 Å². The lowest BCUT2D eigenvalue weighted by Crippen LogP contribution is -2.53. The van der Waals surface area contributed by atoms with Gasteiger partial charge < -0.3 is 15.1 Å². The number of fused-ring (bicyclic) bond motifs is 2. The molecule has 31 heavy (non-hydrogen) atoms. The van der Waals surface area contributed by atoms with E-state index in [0.29, 0.717) is 23.5 Å². The highest BCUT2D eigenvalue weighted by molar-refractivity contribution is 5.94. The fourth-order valence-corrected chi connectivity index (χ4v) is 5.07. The molecule has 3 rings (SSSR count). The van der Waals surface area contributed by atoms with Gasteiger partial charge in [0.25, 0.3) is 5.91 Å². The minimum atomic E-state index is -0.0759. The van der Waals surface area contributed by atoms with E-state index in [4.69, 9.17) is 5.26 Å². The van der Waals surface area contributed by atoms with Gasteiger partial charge >= 0.3 is 0 Å². The van der Waals surface area contributed by atoms with Crippen LogP contribution in [0.2, 0.25) is 0 Å². The number of nitrogens with one attached hydrogen (secondary N) is 1. The third kappa shape index (κ3) is 7.45. The van der Waals surface area contributed by atoms with Crippen LogP contribution in [0.4, 0.5) is 0 Å². The topological polar surface area (TPSA) is 76.4 Å². The Kier molecular flexibility index (Phi) is 9.05. The second-order valence-corrected chi connectivity index (χ2v) is 9.18. The summed E-state index contributed by atoms with van der Waals surface area (Å²) in [6.45, 7) is 9.42. The number of Topliss-reactive ketones (excluding diaryl/α,β-unsaturated/α-hetero) is 1. The van der Waals surface area contributed by atoms with Gasteiger partial charge in [-0.3, -0.25) is 9.59 Å². The molecule has 0 spiro atoms. The number of rotatable bonds is 11. The number of hydrogen-bond donors (Lipinski definition) is 1. The predicted octanol–water partition coefficient (Wildman–Crippen LogP) is 3.08. The average Bonchev–Trinajstić information content (AvgIpc) is 2.76. The van der Waals surface area contributed by atoms with Gasteiger partial charge in [-0.2, -0.15) is 5.26 Å². The first-order chi connectivity index (χ1) is 15.1. The van der Waals surface area contributed by atoms with Crippen LogP contribution >= 0.6 is 0 Å². The molecule has 1 N–H and O–H groups in total. The molecule has 2 unspecified atom stereocenters. The number of amides is 1. The van der Waals surface area contributed by atoms with Crippen LogP contribution in [-0.4, -0.2) is 67.3 Å². The van der Waals surface area contributed by atoms with Crippen molar-refractivity contribution in [3.05, 3.63) is 35.4 Å². The first-order valence-electron chi connectivity index (χ1n) is 11.8. The van der Waals surface area contributed by atoms with Gasteiger partial charge in [-0.15, -0.1) is 0 Å². The van der Waals surface area contributed by atoms with Crippen molar-refractivity contribution in [3.63, 3.8) is 0 Å². The minimum absolute atomic E-state index is 0.0759.